The first-order valence-corrected chi connectivity index (χ1v) is 8.74. The maximum atomic E-state index is 4.94. The highest BCUT2D eigenvalue weighted by molar-refractivity contribution is 9.10. The fourth-order valence-corrected chi connectivity index (χ4v) is 3.44. The molecule has 0 aliphatic rings. The van der Waals surface area contributed by atoms with Gasteiger partial charge in [-0.25, -0.2) is 4.98 Å². The van der Waals surface area contributed by atoms with Gasteiger partial charge < -0.3 is 0 Å². The summed E-state index contributed by atoms with van der Waals surface area (Å²) in [6.45, 7) is 2.17. The molecule has 1 aromatic heterocycles. The number of para-hydroxylation sites is 1. The molecule has 1 heterocycles. The van der Waals surface area contributed by atoms with Gasteiger partial charge in [0.2, 0.25) is 0 Å². The highest BCUT2D eigenvalue weighted by atomic mass is 79.9. The number of halogens is 1. The Bertz CT molecular complexity index is 1010. The lowest BCUT2D eigenvalue weighted by molar-refractivity contribution is 1.33. The average molecular weight is 374 g/mol. The number of hydrogen-bond acceptors (Lipinski definition) is 1. The van der Waals surface area contributed by atoms with Crippen molar-refractivity contribution in [1.82, 2.24) is 4.98 Å². The molecule has 1 nitrogen and oxygen atoms in total. The van der Waals surface area contributed by atoms with E-state index in [0.717, 1.165) is 21.2 Å². The van der Waals surface area contributed by atoms with Crippen molar-refractivity contribution >= 4 is 26.8 Å². The van der Waals surface area contributed by atoms with Crippen LogP contribution in [0, 0.1) is 6.92 Å². The van der Waals surface area contributed by atoms with Gasteiger partial charge in [0.05, 0.1) is 11.2 Å². The first kappa shape index (κ1) is 15.1. The van der Waals surface area contributed by atoms with Crippen molar-refractivity contribution in [2.45, 2.75) is 6.92 Å². The normalized spacial score (nSPS) is 10.9. The van der Waals surface area contributed by atoms with Gasteiger partial charge in [0.15, 0.2) is 0 Å². The van der Waals surface area contributed by atoms with Gasteiger partial charge in [-0.15, -0.1) is 0 Å². The van der Waals surface area contributed by atoms with Crippen LogP contribution < -0.4 is 0 Å². The first-order valence-electron chi connectivity index (χ1n) is 7.95. The highest BCUT2D eigenvalue weighted by Crippen LogP contribution is 2.36. The van der Waals surface area contributed by atoms with E-state index in [1.165, 1.54) is 22.1 Å². The summed E-state index contributed by atoms with van der Waals surface area (Å²) in [6.07, 6.45) is 0. The van der Waals surface area contributed by atoms with Crippen molar-refractivity contribution < 1.29 is 0 Å². The Morgan fingerprint density at radius 2 is 1.38 bits per heavy atom. The summed E-state index contributed by atoms with van der Waals surface area (Å²) >= 11 is 3.53. The molecule has 0 saturated heterocycles. The van der Waals surface area contributed by atoms with E-state index in [1.807, 2.05) is 12.1 Å². The minimum absolute atomic E-state index is 1.03. The van der Waals surface area contributed by atoms with Crippen molar-refractivity contribution in [3.8, 4) is 22.4 Å². The van der Waals surface area contributed by atoms with Gasteiger partial charge in [0, 0.05) is 15.4 Å². The standard InChI is InChI=1S/C22H16BrN/c1-15-21(16-11-13-18(23)14-12-16)19-9-5-6-10-20(19)24-22(15)17-7-3-2-4-8-17/h2-14H,1H3. The molecule has 2 heteroatoms. The highest BCUT2D eigenvalue weighted by Gasteiger charge is 2.14. The third-order valence-electron chi connectivity index (χ3n) is 4.32. The lowest BCUT2D eigenvalue weighted by Gasteiger charge is -2.15. The largest absolute Gasteiger partial charge is 0.247 e. The first-order chi connectivity index (χ1) is 11.7. The zero-order valence-electron chi connectivity index (χ0n) is 13.3. The molecule has 0 N–H and O–H groups in total. The third-order valence-corrected chi connectivity index (χ3v) is 4.84. The van der Waals surface area contributed by atoms with Gasteiger partial charge in [-0.1, -0.05) is 76.6 Å². The summed E-state index contributed by atoms with van der Waals surface area (Å²) in [5.41, 5.74) is 6.91. The molecule has 3 aromatic carbocycles. The van der Waals surface area contributed by atoms with E-state index in [-0.39, 0.29) is 0 Å². The fourth-order valence-electron chi connectivity index (χ4n) is 3.17. The fraction of sp³-hybridized carbons (Fsp3) is 0.0455. The smallest absolute Gasteiger partial charge is 0.0745 e. The van der Waals surface area contributed by atoms with Gasteiger partial charge in [-0.2, -0.15) is 0 Å². The molecule has 0 spiro atoms. The zero-order chi connectivity index (χ0) is 16.5. The van der Waals surface area contributed by atoms with Crippen molar-refractivity contribution in [1.29, 1.82) is 0 Å². The number of benzene rings is 3. The lowest BCUT2D eigenvalue weighted by Crippen LogP contribution is -1.95. The van der Waals surface area contributed by atoms with Crippen LogP contribution in [-0.2, 0) is 0 Å². The minimum Gasteiger partial charge on any atom is -0.247 e. The summed E-state index contributed by atoms with van der Waals surface area (Å²) in [6, 6.07) is 27.3. The van der Waals surface area contributed by atoms with Crippen LogP contribution in [0.5, 0.6) is 0 Å². The van der Waals surface area contributed by atoms with Crippen LogP contribution in [-0.4, -0.2) is 4.98 Å². The Kier molecular flexibility index (Phi) is 3.91. The summed E-state index contributed by atoms with van der Waals surface area (Å²) in [7, 11) is 0. The van der Waals surface area contributed by atoms with Crippen LogP contribution >= 0.6 is 15.9 Å². The molecule has 0 radical (unpaired) electrons. The second-order valence-corrected chi connectivity index (χ2v) is 6.77. The van der Waals surface area contributed by atoms with Crippen molar-refractivity contribution in [3.63, 3.8) is 0 Å². The number of hydrogen-bond donors (Lipinski definition) is 0. The SMILES string of the molecule is Cc1c(-c2ccccc2)nc2ccccc2c1-c1ccc(Br)cc1. The van der Waals surface area contributed by atoms with Crippen molar-refractivity contribution in [2.75, 3.05) is 0 Å². The van der Waals surface area contributed by atoms with Gasteiger partial charge >= 0.3 is 0 Å². The van der Waals surface area contributed by atoms with E-state index in [2.05, 4.69) is 89.6 Å². The Balaban J connectivity index is 2.07. The van der Waals surface area contributed by atoms with Gasteiger partial charge in [0.25, 0.3) is 0 Å². The summed E-state index contributed by atoms with van der Waals surface area (Å²) < 4.78 is 1.09. The summed E-state index contributed by atoms with van der Waals surface area (Å²) in [4.78, 5) is 4.94. The molecular weight excluding hydrogens is 358 g/mol. The van der Waals surface area contributed by atoms with E-state index in [1.54, 1.807) is 0 Å². The maximum absolute atomic E-state index is 4.94. The molecule has 0 unspecified atom stereocenters. The van der Waals surface area contributed by atoms with E-state index < -0.39 is 0 Å². The average Bonchev–Trinajstić information content (AvgIpc) is 2.63. The summed E-state index contributed by atoms with van der Waals surface area (Å²) in [5.74, 6) is 0. The topological polar surface area (TPSA) is 12.9 Å². The van der Waals surface area contributed by atoms with Crippen molar-refractivity contribution in [2.24, 2.45) is 0 Å². The molecule has 0 amide bonds. The molecular formula is C22H16BrN. The van der Waals surface area contributed by atoms with Crippen LogP contribution in [0.1, 0.15) is 5.56 Å². The predicted molar refractivity (Wildman–Crippen MR) is 105 cm³/mol. The quantitative estimate of drug-likeness (QED) is 0.383. The van der Waals surface area contributed by atoms with E-state index >= 15 is 0 Å². The molecule has 4 aromatic rings. The molecule has 4 rings (SSSR count). The number of aromatic nitrogens is 1. The van der Waals surface area contributed by atoms with Gasteiger partial charge in [0.1, 0.15) is 0 Å². The van der Waals surface area contributed by atoms with Crippen LogP contribution in [0.3, 0.4) is 0 Å². The Morgan fingerprint density at radius 1 is 0.708 bits per heavy atom. The number of rotatable bonds is 2. The molecule has 0 fully saturated rings. The molecule has 0 bridgehead atoms. The maximum Gasteiger partial charge on any atom is 0.0745 e. The van der Waals surface area contributed by atoms with E-state index in [9.17, 15) is 0 Å². The third kappa shape index (κ3) is 2.63. The number of pyridine rings is 1. The predicted octanol–water partition coefficient (Wildman–Crippen LogP) is 6.64. The van der Waals surface area contributed by atoms with Crippen LogP contribution in [0.2, 0.25) is 0 Å². The number of nitrogens with zero attached hydrogens (tertiary/aromatic N) is 1. The van der Waals surface area contributed by atoms with E-state index in [0.29, 0.717) is 0 Å². The molecule has 0 aliphatic heterocycles. The van der Waals surface area contributed by atoms with Crippen LogP contribution in [0.15, 0.2) is 83.3 Å². The Morgan fingerprint density at radius 3 is 2.12 bits per heavy atom. The Hall–Kier alpha value is -2.45. The van der Waals surface area contributed by atoms with Gasteiger partial charge in [-0.3, -0.25) is 0 Å². The van der Waals surface area contributed by atoms with Gasteiger partial charge in [-0.05, 0) is 41.8 Å². The number of fused-ring (bicyclic) bond motifs is 1. The second kappa shape index (κ2) is 6.21. The monoisotopic (exact) mass is 373 g/mol. The van der Waals surface area contributed by atoms with Crippen LogP contribution in [0.25, 0.3) is 33.3 Å². The molecule has 0 aliphatic carbocycles. The molecule has 0 atom stereocenters. The minimum atomic E-state index is 1.03. The van der Waals surface area contributed by atoms with Crippen LogP contribution in [0.4, 0.5) is 0 Å². The lowest BCUT2D eigenvalue weighted by atomic mass is 9.93. The zero-order valence-corrected chi connectivity index (χ0v) is 14.9. The molecule has 0 saturated carbocycles. The second-order valence-electron chi connectivity index (χ2n) is 5.85. The Labute approximate surface area is 150 Å². The van der Waals surface area contributed by atoms with E-state index in [4.69, 9.17) is 4.98 Å². The van der Waals surface area contributed by atoms with Crippen molar-refractivity contribution in [3.05, 3.63) is 88.9 Å². The molecule has 116 valence electrons. The molecule has 24 heavy (non-hydrogen) atoms. The summed E-state index contributed by atoms with van der Waals surface area (Å²) in [5, 5.41) is 1.19.